The Bertz CT molecular complexity index is 1190. The first-order chi connectivity index (χ1) is 16.0. The van der Waals surface area contributed by atoms with Crippen LogP contribution in [0.3, 0.4) is 0 Å². The number of nitrogens with two attached hydrogens (primary N) is 1. The van der Waals surface area contributed by atoms with Gasteiger partial charge in [0.15, 0.2) is 17.3 Å². The summed E-state index contributed by atoms with van der Waals surface area (Å²) in [5, 5.41) is 0. The molecule has 0 bridgehead atoms. The first kappa shape index (κ1) is 23.8. The molecule has 3 aromatic rings. The van der Waals surface area contributed by atoms with E-state index in [4.69, 9.17) is 5.73 Å². The number of carbonyl (C=O) groups excluding carboxylic acids is 1. The van der Waals surface area contributed by atoms with Crippen LogP contribution in [0.5, 0.6) is 0 Å². The molecular weight excluding hydrogens is 462 g/mol. The number of halogens is 6. The van der Waals surface area contributed by atoms with Crippen LogP contribution in [0.15, 0.2) is 48.7 Å². The Labute approximate surface area is 190 Å². The number of rotatable bonds is 5. The lowest BCUT2D eigenvalue weighted by Crippen LogP contribution is -2.44. The number of nitrogens with zero attached hydrogens (tertiary/aromatic N) is 3. The van der Waals surface area contributed by atoms with E-state index in [0.717, 1.165) is 30.5 Å². The van der Waals surface area contributed by atoms with Crippen LogP contribution in [0, 0.1) is 17.5 Å². The number of alkyl halides is 3. The van der Waals surface area contributed by atoms with E-state index in [2.05, 4.69) is 4.98 Å². The van der Waals surface area contributed by atoms with Crippen LogP contribution >= 0.6 is 0 Å². The Hall–Kier alpha value is -3.34. The van der Waals surface area contributed by atoms with Crippen LogP contribution in [0.4, 0.5) is 26.3 Å². The first-order valence-electron chi connectivity index (χ1n) is 10.4. The summed E-state index contributed by atoms with van der Waals surface area (Å²) in [6.07, 6.45) is -3.88. The van der Waals surface area contributed by atoms with Crippen molar-refractivity contribution in [3.63, 3.8) is 0 Å². The number of hydrogen-bond donors (Lipinski definition) is 1. The molecule has 2 atom stereocenters. The fourth-order valence-corrected chi connectivity index (χ4v) is 4.07. The van der Waals surface area contributed by atoms with Gasteiger partial charge in [0, 0.05) is 31.7 Å². The minimum absolute atomic E-state index is 0.00714. The zero-order valence-corrected chi connectivity index (χ0v) is 17.7. The van der Waals surface area contributed by atoms with Gasteiger partial charge in [0.25, 0.3) is 0 Å². The third kappa shape index (κ3) is 4.93. The highest BCUT2D eigenvalue weighted by Crippen LogP contribution is 2.36. The largest absolute Gasteiger partial charge is 0.434 e. The molecule has 0 saturated carbocycles. The number of amides is 1. The van der Waals surface area contributed by atoms with Gasteiger partial charge in [-0.05, 0) is 41.8 Å². The molecule has 34 heavy (non-hydrogen) atoms. The maximum atomic E-state index is 13.5. The Kier molecular flexibility index (Phi) is 6.39. The van der Waals surface area contributed by atoms with E-state index in [1.54, 1.807) is 0 Å². The molecule has 2 heterocycles. The Morgan fingerprint density at radius 2 is 1.76 bits per heavy atom. The number of benzene rings is 2. The van der Waals surface area contributed by atoms with Gasteiger partial charge in [0.1, 0.15) is 17.7 Å². The summed E-state index contributed by atoms with van der Waals surface area (Å²) in [4.78, 5) is 18.3. The van der Waals surface area contributed by atoms with E-state index < -0.39 is 47.3 Å². The topological polar surface area (TPSA) is 64.2 Å². The van der Waals surface area contributed by atoms with Crippen LogP contribution in [0.2, 0.25) is 0 Å². The third-order valence-electron chi connectivity index (χ3n) is 5.66. The van der Waals surface area contributed by atoms with Gasteiger partial charge in [-0.1, -0.05) is 18.2 Å². The van der Waals surface area contributed by atoms with Gasteiger partial charge in [-0.3, -0.25) is 4.79 Å². The molecule has 1 aliphatic heterocycles. The zero-order valence-electron chi connectivity index (χ0n) is 17.7. The summed E-state index contributed by atoms with van der Waals surface area (Å²) >= 11 is 0. The van der Waals surface area contributed by atoms with Crippen molar-refractivity contribution in [2.75, 3.05) is 6.54 Å². The third-order valence-corrected chi connectivity index (χ3v) is 5.66. The predicted molar refractivity (Wildman–Crippen MR) is 110 cm³/mol. The molecule has 2 aromatic carbocycles. The minimum Gasteiger partial charge on any atom is -0.330 e. The van der Waals surface area contributed by atoms with Gasteiger partial charge in [0.2, 0.25) is 5.91 Å². The van der Waals surface area contributed by atoms with Crippen molar-refractivity contribution in [1.29, 1.82) is 0 Å². The molecule has 1 amide bonds. The van der Waals surface area contributed by atoms with E-state index in [9.17, 15) is 31.1 Å². The minimum atomic E-state index is -4.67. The zero-order chi connectivity index (χ0) is 24.6. The predicted octanol–water partition coefficient (Wildman–Crippen LogP) is 4.21. The summed E-state index contributed by atoms with van der Waals surface area (Å²) in [7, 11) is 0. The molecule has 1 aliphatic rings. The van der Waals surface area contributed by atoms with Crippen LogP contribution in [-0.4, -0.2) is 32.9 Å². The van der Waals surface area contributed by atoms with E-state index in [-0.39, 0.29) is 31.8 Å². The van der Waals surface area contributed by atoms with Gasteiger partial charge < -0.3 is 15.2 Å². The van der Waals surface area contributed by atoms with E-state index in [1.807, 2.05) is 0 Å². The number of hydrogen-bond acceptors (Lipinski definition) is 3. The Morgan fingerprint density at radius 3 is 2.41 bits per heavy atom. The highest BCUT2D eigenvalue weighted by atomic mass is 19.4. The molecular formula is C23H20F6N4O. The number of fused-ring (bicyclic) bond motifs is 1. The summed E-state index contributed by atoms with van der Waals surface area (Å²) in [6, 6.07) is 6.67. The summed E-state index contributed by atoms with van der Waals surface area (Å²) in [6.45, 7) is 0.166. The maximum absolute atomic E-state index is 13.5. The highest BCUT2D eigenvalue weighted by molar-refractivity contribution is 5.78. The first-order valence-corrected chi connectivity index (χ1v) is 10.4. The number of carbonyl (C=O) groups is 1. The summed E-state index contributed by atoms with van der Waals surface area (Å²) in [5.74, 6) is -3.02. The highest BCUT2D eigenvalue weighted by Gasteiger charge is 2.40. The molecule has 5 nitrogen and oxygen atoms in total. The molecule has 2 N–H and O–H groups in total. The monoisotopic (exact) mass is 482 g/mol. The lowest BCUT2D eigenvalue weighted by molar-refractivity contribution is -0.141. The van der Waals surface area contributed by atoms with Gasteiger partial charge in [0.05, 0.1) is 0 Å². The molecule has 0 spiro atoms. The van der Waals surface area contributed by atoms with Crippen molar-refractivity contribution in [1.82, 2.24) is 14.5 Å². The van der Waals surface area contributed by atoms with Crippen molar-refractivity contribution in [3.05, 3.63) is 88.8 Å². The maximum Gasteiger partial charge on any atom is 0.434 e. The lowest BCUT2D eigenvalue weighted by atomic mass is 9.99. The quantitative estimate of drug-likeness (QED) is 0.555. The smallest absolute Gasteiger partial charge is 0.330 e. The lowest BCUT2D eigenvalue weighted by Gasteiger charge is -2.36. The second-order valence-corrected chi connectivity index (χ2v) is 8.13. The second-order valence-electron chi connectivity index (χ2n) is 8.13. The van der Waals surface area contributed by atoms with Crippen LogP contribution < -0.4 is 5.73 Å². The molecule has 0 fully saturated rings. The van der Waals surface area contributed by atoms with Crippen LogP contribution in [0.1, 0.15) is 35.1 Å². The van der Waals surface area contributed by atoms with Gasteiger partial charge >= 0.3 is 6.18 Å². The van der Waals surface area contributed by atoms with E-state index in [1.165, 1.54) is 27.7 Å². The summed E-state index contributed by atoms with van der Waals surface area (Å²) < 4.78 is 81.2. The van der Waals surface area contributed by atoms with Gasteiger partial charge in [-0.2, -0.15) is 13.2 Å². The fourth-order valence-electron chi connectivity index (χ4n) is 4.07. The average molecular weight is 482 g/mol. The molecule has 0 aliphatic carbocycles. The van der Waals surface area contributed by atoms with Crippen molar-refractivity contribution in [3.8, 4) is 0 Å². The number of aromatic nitrogens is 2. The van der Waals surface area contributed by atoms with E-state index in [0.29, 0.717) is 11.1 Å². The Balaban J connectivity index is 1.60. The van der Waals surface area contributed by atoms with Crippen molar-refractivity contribution < 1.29 is 31.1 Å². The SMILES string of the molecule is N[C@@H](CC(=O)N1CCn2cc(C(F)(F)F)nc2C1c1ccc(F)cc1)Cc1ccc(F)c(F)c1. The molecule has 0 radical (unpaired) electrons. The van der Waals surface area contributed by atoms with Gasteiger partial charge in [-0.15, -0.1) is 0 Å². The number of imidazole rings is 1. The van der Waals surface area contributed by atoms with Crippen molar-refractivity contribution >= 4 is 5.91 Å². The molecule has 11 heteroatoms. The van der Waals surface area contributed by atoms with Gasteiger partial charge in [-0.25, -0.2) is 18.2 Å². The molecule has 180 valence electrons. The Morgan fingerprint density at radius 1 is 1.06 bits per heavy atom. The fraction of sp³-hybridized carbons (Fsp3) is 0.304. The van der Waals surface area contributed by atoms with Crippen LogP contribution in [-0.2, 0) is 23.9 Å². The molecule has 1 aromatic heterocycles. The second kappa shape index (κ2) is 9.13. The average Bonchev–Trinajstić information content (AvgIpc) is 3.21. The standard InChI is InChI=1S/C23H20F6N4O/c24-15-4-2-14(3-5-15)21-22-31-19(23(27,28)29)12-32(22)7-8-33(21)20(34)11-16(30)9-13-1-6-17(25)18(26)10-13/h1-6,10,12,16,21H,7-9,11,30H2/t16-,21?/m1/s1. The van der Waals surface area contributed by atoms with Crippen LogP contribution in [0.25, 0.3) is 0 Å². The summed E-state index contributed by atoms with van der Waals surface area (Å²) in [5.41, 5.74) is 5.79. The normalized spacial score (nSPS) is 16.9. The van der Waals surface area contributed by atoms with E-state index >= 15 is 0 Å². The molecule has 4 rings (SSSR count). The van der Waals surface area contributed by atoms with Crippen molar-refractivity contribution in [2.45, 2.75) is 37.6 Å². The molecule has 0 saturated heterocycles. The van der Waals surface area contributed by atoms with Crippen molar-refractivity contribution in [2.24, 2.45) is 5.73 Å². The molecule has 1 unspecified atom stereocenters.